The number of nitrogens with one attached hydrogen (secondary N) is 1. The maximum Gasteiger partial charge on any atom is 0.0119 e. The van der Waals surface area contributed by atoms with E-state index >= 15 is 0 Å². The molecule has 2 aliphatic carbocycles. The molecule has 1 N–H and O–H groups in total. The van der Waals surface area contributed by atoms with E-state index in [1.165, 1.54) is 56.6 Å². The molecular weight excluding hydrogens is 214 g/mol. The van der Waals surface area contributed by atoms with Crippen LogP contribution >= 0.6 is 11.8 Å². The van der Waals surface area contributed by atoms with Crippen LogP contribution in [0.1, 0.15) is 52.4 Å². The first-order valence-corrected chi connectivity index (χ1v) is 8.15. The normalized spacial score (nSPS) is 29.2. The maximum absolute atomic E-state index is 3.79. The highest BCUT2D eigenvalue weighted by Crippen LogP contribution is 2.35. The molecule has 0 spiro atoms. The van der Waals surface area contributed by atoms with Crippen LogP contribution in [-0.4, -0.2) is 24.1 Å². The van der Waals surface area contributed by atoms with Crippen LogP contribution in [0.5, 0.6) is 0 Å². The third kappa shape index (κ3) is 3.96. The first kappa shape index (κ1) is 12.8. The fourth-order valence-electron chi connectivity index (χ4n) is 2.71. The highest BCUT2D eigenvalue weighted by Gasteiger charge is 2.31. The predicted molar refractivity (Wildman–Crippen MR) is 74.1 cm³/mol. The molecule has 0 radical (unpaired) electrons. The minimum Gasteiger partial charge on any atom is -0.313 e. The van der Waals surface area contributed by atoms with Crippen molar-refractivity contribution in [1.29, 1.82) is 0 Å². The van der Waals surface area contributed by atoms with Gasteiger partial charge in [-0.15, -0.1) is 0 Å². The molecule has 2 saturated carbocycles. The number of rotatable bonds is 6. The van der Waals surface area contributed by atoms with E-state index in [4.69, 9.17) is 0 Å². The van der Waals surface area contributed by atoms with Crippen LogP contribution in [0.25, 0.3) is 0 Å². The van der Waals surface area contributed by atoms with Gasteiger partial charge in [-0.05, 0) is 42.8 Å². The van der Waals surface area contributed by atoms with Crippen LogP contribution in [0, 0.1) is 11.3 Å². The number of hydrogen-bond acceptors (Lipinski definition) is 2. The van der Waals surface area contributed by atoms with Crippen molar-refractivity contribution >= 4 is 11.8 Å². The van der Waals surface area contributed by atoms with E-state index in [2.05, 4.69) is 30.9 Å². The molecule has 0 heterocycles. The van der Waals surface area contributed by atoms with Crippen molar-refractivity contribution in [3.05, 3.63) is 0 Å². The van der Waals surface area contributed by atoms with Crippen molar-refractivity contribution in [2.75, 3.05) is 18.1 Å². The molecule has 0 bridgehead atoms. The summed E-state index contributed by atoms with van der Waals surface area (Å²) in [5, 5.41) is 3.79. The molecule has 1 atom stereocenters. The zero-order valence-electron chi connectivity index (χ0n) is 10.9. The third-order valence-corrected chi connectivity index (χ3v) is 5.39. The van der Waals surface area contributed by atoms with E-state index in [9.17, 15) is 0 Å². The van der Waals surface area contributed by atoms with Gasteiger partial charge in [0, 0.05) is 18.3 Å². The summed E-state index contributed by atoms with van der Waals surface area (Å²) in [6, 6.07) is 0.766. The molecular formula is C14H27NS. The fraction of sp³-hybridized carbons (Fsp3) is 1.00. The van der Waals surface area contributed by atoms with Crippen molar-refractivity contribution < 1.29 is 0 Å². The SMILES string of the molecule is CC1(C)CCCCC1NCCSCC1CC1. The second-order valence-electron chi connectivity index (χ2n) is 6.26. The molecule has 2 fully saturated rings. The van der Waals surface area contributed by atoms with Gasteiger partial charge in [-0.2, -0.15) is 11.8 Å². The Balaban J connectivity index is 1.56. The van der Waals surface area contributed by atoms with Gasteiger partial charge < -0.3 is 5.32 Å². The summed E-state index contributed by atoms with van der Waals surface area (Å²) in [5.41, 5.74) is 0.527. The lowest BCUT2D eigenvalue weighted by Gasteiger charge is -2.39. The second-order valence-corrected chi connectivity index (χ2v) is 7.41. The minimum absolute atomic E-state index is 0.527. The summed E-state index contributed by atoms with van der Waals surface area (Å²) in [6.45, 7) is 6.08. The third-order valence-electron chi connectivity index (χ3n) is 4.19. The summed E-state index contributed by atoms with van der Waals surface area (Å²) in [7, 11) is 0. The smallest absolute Gasteiger partial charge is 0.0119 e. The van der Waals surface area contributed by atoms with Crippen LogP contribution in [0.15, 0.2) is 0 Å². The van der Waals surface area contributed by atoms with Crippen LogP contribution < -0.4 is 5.32 Å². The molecule has 0 aromatic rings. The van der Waals surface area contributed by atoms with E-state index < -0.39 is 0 Å². The van der Waals surface area contributed by atoms with Gasteiger partial charge in [0.2, 0.25) is 0 Å². The van der Waals surface area contributed by atoms with Crippen LogP contribution in [0.4, 0.5) is 0 Å². The van der Waals surface area contributed by atoms with Gasteiger partial charge in [0.15, 0.2) is 0 Å². The van der Waals surface area contributed by atoms with Crippen LogP contribution in [0.2, 0.25) is 0 Å². The van der Waals surface area contributed by atoms with Gasteiger partial charge >= 0.3 is 0 Å². The van der Waals surface area contributed by atoms with Gasteiger partial charge in [0.05, 0.1) is 0 Å². The Labute approximate surface area is 105 Å². The van der Waals surface area contributed by atoms with E-state index in [0.717, 1.165) is 12.0 Å². The molecule has 0 aromatic carbocycles. The van der Waals surface area contributed by atoms with E-state index in [1.54, 1.807) is 0 Å². The predicted octanol–water partition coefficient (Wildman–Crippen LogP) is 3.69. The maximum atomic E-state index is 3.79. The Kier molecular flexibility index (Phi) is 4.60. The average Bonchev–Trinajstić information content (AvgIpc) is 3.03. The van der Waals surface area contributed by atoms with Crippen molar-refractivity contribution in [3.63, 3.8) is 0 Å². The molecule has 2 aliphatic rings. The lowest BCUT2D eigenvalue weighted by Crippen LogP contribution is -2.44. The molecule has 1 nitrogen and oxygen atoms in total. The Morgan fingerprint density at radius 1 is 1.19 bits per heavy atom. The molecule has 16 heavy (non-hydrogen) atoms. The van der Waals surface area contributed by atoms with Gasteiger partial charge in [0.25, 0.3) is 0 Å². The highest BCUT2D eigenvalue weighted by atomic mass is 32.2. The van der Waals surface area contributed by atoms with Gasteiger partial charge in [0.1, 0.15) is 0 Å². The fourth-order valence-corrected chi connectivity index (χ4v) is 3.81. The lowest BCUT2D eigenvalue weighted by atomic mass is 9.73. The van der Waals surface area contributed by atoms with E-state index in [-0.39, 0.29) is 0 Å². The van der Waals surface area contributed by atoms with E-state index in [0.29, 0.717) is 5.41 Å². The van der Waals surface area contributed by atoms with Crippen LogP contribution in [0.3, 0.4) is 0 Å². The average molecular weight is 241 g/mol. The van der Waals surface area contributed by atoms with E-state index in [1.807, 2.05) is 0 Å². The first-order chi connectivity index (χ1) is 7.68. The second kappa shape index (κ2) is 5.77. The van der Waals surface area contributed by atoms with Crippen molar-refractivity contribution in [3.8, 4) is 0 Å². The largest absolute Gasteiger partial charge is 0.313 e. The molecule has 2 heteroatoms. The van der Waals surface area contributed by atoms with Gasteiger partial charge in [-0.1, -0.05) is 26.7 Å². The Hall–Kier alpha value is 0.310. The van der Waals surface area contributed by atoms with Crippen molar-refractivity contribution in [1.82, 2.24) is 5.32 Å². The Morgan fingerprint density at radius 3 is 2.69 bits per heavy atom. The summed E-state index contributed by atoms with van der Waals surface area (Å²) < 4.78 is 0. The molecule has 1 unspecified atom stereocenters. The van der Waals surface area contributed by atoms with Gasteiger partial charge in [-0.3, -0.25) is 0 Å². The topological polar surface area (TPSA) is 12.0 Å². The summed E-state index contributed by atoms with van der Waals surface area (Å²) in [6.07, 6.45) is 8.64. The number of hydrogen-bond donors (Lipinski definition) is 1. The summed E-state index contributed by atoms with van der Waals surface area (Å²) >= 11 is 2.15. The summed E-state index contributed by atoms with van der Waals surface area (Å²) in [4.78, 5) is 0. The van der Waals surface area contributed by atoms with Crippen LogP contribution in [-0.2, 0) is 0 Å². The molecule has 0 amide bonds. The zero-order chi connectivity index (χ0) is 11.4. The standard InChI is InChI=1S/C14H27NS/c1-14(2)8-4-3-5-13(14)15-9-10-16-11-12-6-7-12/h12-13,15H,3-11H2,1-2H3. The molecule has 0 aliphatic heterocycles. The quantitative estimate of drug-likeness (QED) is 0.712. The van der Waals surface area contributed by atoms with Gasteiger partial charge in [-0.25, -0.2) is 0 Å². The molecule has 94 valence electrons. The lowest BCUT2D eigenvalue weighted by molar-refractivity contribution is 0.170. The van der Waals surface area contributed by atoms with Crippen molar-refractivity contribution in [2.24, 2.45) is 11.3 Å². The number of thioether (sulfide) groups is 1. The monoisotopic (exact) mass is 241 g/mol. The molecule has 2 rings (SSSR count). The summed E-state index contributed by atoms with van der Waals surface area (Å²) in [5.74, 6) is 3.80. The highest BCUT2D eigenvalue weighted by molar-refractivity contribution is 7.99. The van der Waals surface area contributed by atoms with Crippen molar-refractivity contribution in [2.45, 2.75) is 58.4 Å². The first-order valence-electron chi connectivity index (χ1n) is 6.99. The minimum atomic E-state index is 0.527. The molecule has 0 saturated heterocycles. The molecule has 0 aromatic heterocycles. The zero-order valence-corrected chi connectivity index (χ0v) is 11.7. The Morgan fingerprint density at radius 2 is 2.00 bits per heavy atom. The Bertz CT molecular complexity index is 211.